The second kappa shape index (κ2) is 5.95. The summed E-state index contributed by atoms with van der Waals surface area (Å²) in [6, 6.07) is 1.02. The van der Waals surface area contributed by atoms with E-state index in [1.165, 1.54) is 16.8 Å². The van der Waals surface area contributed by atoms with E-state index in [-0.39, 0.29) is 23.1 Å². The first kappa shape index (κ1) is 18.4. The number of nitrogens with two attached hydrogens (primary N) is 1. The van der Waals surface area contributed by atoms with Crippen LogP contribution in [0.5, 0.6) is 5.75 Å². The van der Waals surface area contributed by atoms with Crippen molar-refractivity contribution in [1.82, 2.24) is 4.57 Å². The Bertz CT molecular complexity index is 1110. The zero-order chi connectivity index (χ0) is 20.7. The first-order chi connectivity index (χ1) is 13.7. The zero-order valence-corrected chi connectivity index (χ0v) is 16.2. The molecule has 0 bridgehead atoms. The predicted octanol–water partition coefficient (Wildman–Crippen LogP) is 2.31. The Labute approximate surface area is 166 Å². The van der Waals surface area contributed by atoms with E-state index in [2.05, 4.69) is 4.90 Å². The second-order valence-electron chi connectivity index (χ2n) is 8.83. The molecule has 5 rings (SSSR count). The molecule has 1 aromatic carbocycles. The first-order valence-electron chi connectivity index (χ1n) is 10.0. The molecule has 1 aliphatic heterocycles. The molecule has 0 amide bonds. The van der Waals surface area contributed by atoms with Crippen molar-refractivity contribution in [3.8, 4) is 5.75 Å². The number of benzene rings is 1. The van der Waals surface area contributed by atoms with Crippen molar-refractivity contribution in [2.45, 2.75) is 50.4 Å². The lowest BCUT2D eigenvalue weighted by Crippen LogP contribution is -2.34. The van der Waals surface area contributed by atoms with Gasteiger partial charge in [-0.1, -0.05) is 0 Å². The van der Waals surface area contributed by atoms with Gasteiger partial charge in [0.05, 0.1) is 16.9 Å². The molecule has 2 saturated carbocycles. The number of aryl methyl sites for hydroxylation is 1. The van der Waals surface area contributed by atoms with Gasteiger partial charge in [0.2, 0.25) is 5.43 Å². The van der Waals surface area contributed by atoms with Crippen LogP contribution in [0.15, 0.2) is 17.1 Å². The number of carbonyl (C=O) groups is 1. The van der Waals surface area contributed by atoms with Gasteiger partial charge in [-0.05, 0) is 37.7 Å². The number of alkyl halides is 1. The molecular weight excluding hydrogens is 377 g/mol. The summed E-state index contributed by atoms with van der Waals surface area (Å²) in [7, 11) is 0. The maximum absolute atomic E-state index is 13.9. The highest BCUT2D eigenvalue weighted by atomic mass is 19.1. The third-order valence-corrected chi connectivity index (χ3v) is 6.94. The summed E-state index contributed by atoms with van der Waals surface area (Å²) in [5.41, 5.74) is 7.04. The number of anilines is 1. The number of phenols is 1. The lowest BCUT2D eigenvalue weighted by Gasteiger charge is -2.25. The van der Waals surface area contributed by atoms with Crippen molar-refractivity contribution in [3.05, 3.63) is 33.6 Å². The number of phenolic OH excluding ortho intramolecular Hbond substituents is 1. The number of rotatable bonds is 4. The molecule has 3 aliphatic rings. The Morgan fingerprint density at radius 3 is 2.66 bits per heavy atom. The fourth-order valence-electron chi connectivity index (χ4n) is 4.87. The standard InChI is InChI=1S/C21H24FN3O4/c1-10-14(24-5-2-11(8-24)21(23)3-4-21)7-16(26)17-18(10)25(15-6-13(15)22)9-12(19(17)27)20(28)29/h7,9,11,13,15,26H,2-6,8,23H2,1H3,(H,28,29)/t11-,13+,15-/m1/s1. The molecule has 7 nitrogen and oxygen atoms in total. The summed E-state index contributed by atoms with van der Waals surface area (Å²) in [4.78, 5) is 26.5. The summed E-state index contributed by atoms with van der Waals surface area (Å²) in [6.45, 7) is 3.41. The molecule has 2 aliphatic carbocycles. The fraction of sp³-hybridized carbons (Fsp3) is 0.524. The number of hydrogen-bond donors (Lipinski definition) is 3. The number of hydrogen-bond acceptors (Lipinski definition) is 5. The number of aromatic nitrogens is 1. The number of pyridine rings is 1. The fourth-order valence-corrected chi connectivity index (χ4v) is 4.87. The smallest absolute Gasteiger partial charge is 0.341 e. The lowest BCUT2D eigenvalue weighted by molar-refractivity contribution is 0.0694. The van der Waals surface area contributed by atoms with Gasteiger partial charge in [-0.3, -0.25) is 4.79 Å². The minimum absolute atomic E-state index is 0.0570. The van der Waals surface area contributed by atoms with Crippen molar-refractivity contribution in [1.29, 1.82) is 0 Å². The number of aromatic carboxylic acids is 1. The van der Waals surface area contributed by atoms with Crippen molar-refractivity contribution in [2.24, 2.45) is 11.7 Å². The zero-order valence-electron chi connectivity index (χ0n) is 16.2. The molecule has 2 aromatic rings. The van der Waals surface area contributed by atoms with E-state index >= 15 is 0 Å². The number of aromatic hydroxyl groups is 1. The van der Waals surface area contributed by atoms with Gasteiger partial charge >= 0.3 is 5.97 Å². The third kappa shape index (κ3) is 2.73. The number of carboxylic acid groups (broad SMARTS) is 1. The molecule has 3 fully saturated rings. The Morgan fingerprint density at radius 1 is 1.38 bits per heavy atom. The van der Waals surface area contributed by atoms with Gasteiger partial charge in [0.1, 0.15) is 17.5 Å². The minimum atomic E-state index is -1.39. The monoisotopic (exact) mass is 401 g/mol. The van der Waals surface area contributed by atoms with E-state index in [0.717, 1.165) is 43.6 Å². The average molecular weight is 401 g/mol. The van der Waals surface area contributed by atoms with Crippen molar-refractivity contribution < 1.29 is 19.4 Å². The average Bonchev–Trinajstić information content (AvgIpc) is 3.53. The van der Waals surface area contributed by atoms with E-state index in [4.69, 9.17) is 5.73 Å². The van der Waals surface area contributed by atoms with Crippen LogP contribution < -0.4 is 16.1 Å². The molecule has 154 valence electrons. The maximum atomic E-state index is 13.9. The van der Waals surface area contributed by atoms with Crippen LogP contribution >= 0.6 is 0 Å². The summed E-state index contributed by atoms with van der Waals surface area (Å²) >= 11 is 0. The van der Waals surface area contributed by atoms with Gasteiger partial charge < -0.3 is 25.4 Å². The first-order valence-corrected chi connectivity index (χ1v) is 10.0. The molecule has 3 atom stereocenters. The highest BCUT2D eigenvalue weighted by Gasteiger charge is 2.48. The van der Waals surface area contributed by atoms with Crippen LogP contribution in [0.1, 0.15) is 47.6 Å². The summed E-state index contributed by atoms with van der Waals surface area (Å²) in [6.07, 6.45) is 3.43. The van der Waals surface area contributed by atoms with E-state index in [9.17, 15) is 24.2 Å². The molecule has 0 spiro atoms. The van der Waals surface area contributed by atoms with E-state index in [1.807, 2.05) is 6.92 Å². The van der Waals surface area contributed by atoms with E-state index < -0.39 is 29.2 Å². The number of fused-ring (bicyclic) bond motifs is 1. The van der Waals surface area contributed by atoms with Gasteiger partial charge in [-0.2, -0.15) is 0 Å². The highest BCUT2D eigenvalue weighted by Crippen LogP contribution is 2.47. The molecule has 1 aromatic heterocycles. The molecule has 1 saturated heterocycles. The van der Waals surface area contributed by atoms with Gasteiger partial charge in [-0.25, -0.2) is 9.18 Å². The topological polar surface area (TPSA) is 109 Å². The third-order valence-electron chi connectivity index (χ3n) is 6.94. The van der Waals surface area contributed by atoms with Gasteiger partial charge in [-0.15, -0.1) is 0 Å². The Morgan fingerprint density at radius 2 is 2.07 bits per heavy atom. The van der Waals surface area contributed by atoms with Crippen LogP contribution in [0.2, 0.25) is 0 Å². The van der Waals surface area contributed by atoms with Crippen LogP contribution in [0.3, 0.4) is 0 Å². The molecule has 29 heavy (non-hydrogen) atoms. The normalized spacial score (nSPS) is 27.4. The summed E-state index contributed by atoms with van der Waals surface area (Å²) in [5.74, 6) is -1.27. The Balaban J connectivity index is 1.68. The minimum Gasteiger partial charge on any atom is -0.507 e. The largest absolute Gasteiger partial charge is 0.507 e. The van der Waals surface area contributed by atoms with Crippen LogP contribution in [-0.4, -0.2) is 45.5 Å². The van der Waals surface area contributed by atoms with Crippen LogP contribution in [-0.2, 0) is 0 Å². The van der Waals surface area contributed by atoms with Crippen molar-refractivity contribution in [3.63, 3.8) is 0 Å². The van der Waals surface area contributed by atoms with Crippen molar-refractivity contribution >= 4 is 22.6 Å². The molecule has 2 heterocycles. The van der Waals surface area contributed by atoms with Gasteiger partial charge in [0.25, 0.3) is 0 Å². The van der Waals surface area contributed by atoms with Crippen LogP contribution in [0.25, 0.3) is 10.9 Å². The number of nitrogens with zero attached hydrogens (tertiary/aromatic N) is 2. The number of halogens is 1. The van der Waals surface area contributed by atoms with E-state index in [1.54, 1.807) is 0 Å². The predicted molar refractivity (Wildman–Crippen MR) is 107 cm³/mol. The Hall–Kier alpha value is -2.61. The van der Waals surface area contributed by atoms with Crippen molar-refractivity contribution in [2.75, 3.05) is 18.0 Å². The van der Waals surface area contributed by atoms with Crippen LogP contribution in [0.4, 0.5) is 10.1 Å². The highest BCUT2D eigenvalue weighted by molar-refractivity contribution is 5.98. The van der Waals surface area contributed by atoms with Gasteiger partial charge in [0, 0.05) is 43.0 Å². The summed E-state index contributed by atoms with van der Waals surface area (Å²) < 4.78 is 15.4. The molecule has 4 N–H and O–H groups in total. The molecular formula is C21H24FN3O4. The lowest BCUT2D eigenvalue weighted by atomic mass is 9.97. The maximum Gasteiger partial charge on any atom is 0.341 e. The molecule has 0 unspecified atom stereocenters. The Kier molecular flexibility index (Phi) is 3.78. The SMILES string of the molecule is Cc1c(N2CC[C@@H](C3(N)CC3)C2)cc(O)c2c(=O)c(C(=O)O)cn([C@@H]3C[C@@H]3F)c12. The quantitative estimate of drug-likeness (QED) is 0.726. The second-order valence-corrected chi connectivity index (χ2v) is 8.83. The summed E-state index contributed by atoms with van der Waals surface area (Å²) in [5, 5.41) is 20.1. The van der Waals surface area contributed by atoms with E-state index in [0.29, 0.717) is 11.4 Å². The van der Waals surface area contributed by atoms with Gasteiger partial charge in [0.15, 0.2) is 0 Å². The number of carboxylic acids is 1. The molecule has 0 radical (unpaired) electrons. The van der Waals surface area contributed by atoms with Crippen LogP contribution in [0, 0.1) is 12.8 Å². The molecule has 8 heteroatoms.